The van der Waals surface area contributed by atoms with E-state index in [1.165, 1.54) is 10.3 Å². The Morgan fingerprint density at radius 2 is 2.22 bits per heavy atom. The highest BCUT2D eigenvalue weighted by molar-refractivity contribution is 7.70. The summed E-state index contributed by atoms with van der Waals surface area (Å²) in [5.41, 5.74) is 1.64. The van der Waals surface area contributed by atoms with Crippen molar-refractivity contribution in [1.29, 1.82) is 5.26 Å². The molecule has 0 unspecified atom stereocenters. The number of benzene rings is 1. The monoisotopic (exact) mass is 296 g/mol. The van der Waals surface area contributed by atoms with Crippen LogP contribution in [0, 0.1) is 11.3 Å². The van der Waals surface area contributed by atoms with Crippen LogP contribution in [0.25, 0.3) is 0 Å². The van der Waals surface area contributed by atoms with Gasteiger partial charge in [-0.25, -0.2) is 0 Å². The number of hydrogen-bond donors (Lipinski definition) is 0. The van der Waals surface area contributed by atoms with Crippen LogP contribution in [0.4, 0.5) is 5.00 Å². The second-order valence-electron chi connectivity index (χ2n) is 3.74. The molecule has 0 aliphatic rings. The first-order valence-corrected chi connectivity index (χ1v) is 7.63. The lowest BCUT2D eigenvalue weighted by Crippen LogP contribution is -2.16. The third kappa shape index (κ3) is 2.72. The van der Waals surface area contributed by atoms with Crippen molar-refractivity contribution in [3.8, 4) is 6.07 Å². The molecule has 0 amide bonds. The van der Waals surface area contributed by atoms with Gasteiger partial charge in [-0.15, -0.1) is 0 Å². The van der Waals surface area contributed by atoms with Gasteiger partial charge in [0.2, 0.25) is 0 Å². The van der Waals surface area contributed by atoms with Gasteiger partial charge in [0.25, 0.3) is 4.74 Å². The van der Waals surface area contributed by atoms with Gasteiger partial charge < -0.3 is 4.90 Å². The summed E-state index contributed by atoms with van der Waals surface area (Å²) in [5.74, 6) is 0. The largest absolute Gasteiger partial charge is 0.360 e. The maximum atomic E-state index is 11.3. The average molecular weight is 297 g/mol. The predicted molar refractivity (Wildman–Crippen MR) is 76.7 cm³/mol. The Morgan fingerprint density at radius 3 is 2.83 bits per heavy atom. The van der Waals surface area contributed by atoms with Gasteiger partial charge in [0, 0.05) is 13.6 Å². The summed E-state index contributed by atoms with van der Waals surface area (Å²) in [4.78, 5) is 13.2. The SMILES string of the molecule is CN(Cc1cccc(C#N)c1)c1ssc(=O)c1Cl. The van der Waals surface area contributed by atoms with Crippen molar-refractivity contribution in [3.63, 3.8) is 0 Å². The quantitative estimate of drug-likeness (QED) is 0.816. The Hall–Kier alpha value is -1.35. The first-order chi connectivity index (χ1) is 8.61. The van der Waals surface area contributed by atoms with Gasteiger partial charge >= 0.3 is 0 Å². The topological polar surface area (TPSA) is 44.1 Å². The third-order valence-corrected chi connectivity index (χ3v) is 5.25. The van der Waals surface area contributed by atoms with E-state index >= 15 is 0 Å². The van der Waals surface area contributed by atoms with Gasteiger partial charge in [0.15, 0.2) is 0 Å². The number of rotatable bonds is 3. The molecular weight excluding hydrogens is 288 g/mol. The summed E-state index contributed by atoms with van der Waals surface area (Å²) in [6.45, 7) is 0.613. The van der Waals surface area contributed by atoms with Crippen LogP contribution in [0.1, 0.15) is 11.1 Å². The molecule has 2 aromatic rings. The molecule has 0 spiro atoms. The highest BCUT2D eigenvalue weighted by Crippen LogP contribution is 2.31. The van der Waals surface area contributed by atoms with Gasteiger partial charge in [0.1, 0.15) is 10.0 Å². The molecule has 92 valence electrons. The number of nitrogens with zero attached hydrogens (tertiary/aromatic N) is 2. The summed E-state index contributed by atoms with van der Waals surface area (Å²) in [5, 5.41) is 9.89. The lowest BCUT2D eigenvalue weighted by molar-refractivity contribution is 0.934. The standard InChI is InChI=1S/C12H9ClN2OS2/c1-15(11-10(13)12(16)18-17-11)7-9-4-2-3-8(5-9)6-14/h2-5H,7H2,1H3. The van der Waals surface area contributed by atoms with E-state index in [9.17, 15) is 4.79 Å². The maximum absolute atomic E-state index is 11.3. The lowest BCUT2D eigenvalue weighted by atomic mass is 10.1. The fourth-order valence-electron chi connectivity index (χ4n) is 1.55. The van der Waals surface area contributed by atoms with Crippen molar-refractivity contribution in [2.24, 2.45) is 0 Å². The van der Waals surface area contributed by atoms with Crippen LogP contribution in [0.2, 0.25) is 5.02 Å². The number of halogens is 1. The molecule has 0 fully saturated rings. The molecule has 0 radical (unpaired) electrons. The van der Waals surface area contributed by atoms with Crippen molar-refractivity contribution in [2.45, 2.75) is 6.54 Å². The van der Waals surface area contributed by atoms with Crippen molar-refractivity contribution in [2.75, 3.05) is 11.9 Å². The molecule has 0 N–H and O–H groups in total. The summed E-state index contributed by atoms with van der Waals surface area (Å²) in [6, 6.07) is 9.49. The normalized spacial score (nSPS) is 10.1. The molecule has 0 aliphatic carbocycles. The zero-order valence-corrected chi connectivity index (χ0v) is 11.9. The molecule has 0 aliphatic heterocycles. The Balaban J connectivity index is 2.21. The molecule has 18 heavy (non-hydrogen) atoms. The van der Waals surface area contributed by atoms with Gasteiger partial charge in [-0.05, 0) is 28.0 Å². The molecule has 0 bridgehead atoms. The summed E-state index contributed by atoms with van der Waals surface area (Å²) >= 11 is 5.94. The van der Waals surface area contributed by atoms with Crippen LogP contribution < -0.4 is 9.64 Å². The Morgan fingerprint density at radius 1 is 1.44 bits per heavy atom. The molecule has 0 saturated heterocycles. The third-order valence-electron chi connectivity index (χ3n) is 2.39. The number of nitriles is 1. The van der Waals surface area contributed by atoms with E-state index in [0.717, 1.165) is 20.9 Å². The predicted octanol–water partition coefficient (Wildman–Crippen LogP) is 3.33. The van der Waals surface area contributed by atoms with Gasteiger partial charge in [0.05, 0.1) is 11.6 Å². The molecule has 1 aromatic carbocycles. The minimum absolute atomic E-state index is 0.103. The van der Waals surface area contributed by atoms with E-state index in [1.54, 1.807) is 6.07 Å². The van der Waals surface area contributed by atoms with E-state index in [-0.39, 0.29) is 9.77 Å². The Labute approximate surface area is 117 Å². The van der Waals surface area contributed by atoms with Crippen molar-refractivity contribution in [1.82, 2.24) is 0 Å². The minimum Gasteiger partial charge on any atom is -0.360 e. The minimum atomic E-state index is -0.103. The summed E-state index contributed by atoms with van der Waals surface area (Å²) in [7, 11) is 4.39. The van der Waals surface area contributed by atoms with E-state index in [2.05, 4.69) is 6.07 Å². The fraction of sp³-hybridized carbons (Fsp3) is 0.167. The first kappa shape index (κ1) is 13.1. The first-order valence-electron chi connectivity index (χ1n) is 5.10. The van der Waals surface area contributed by atoms with Gasteiger partial charge in [-0.2, -0.15) is 5.26 Å². The van der Waals surface area contributed by atoms with Crippen LogP contribution >= 0.6 is 32.3 Å². The molecule has 1 heterocycles. The summed E-state index contributed by atoms with van der Waals surface area (Å²) < 4.78 is -0.103. The molecule has 1 aromatic heterocycles. The average Bonchev–Trinajstić information content (AvgIpc) is 2.70. The summed E-state index contributed by atoms with van der Waals surface area (Å²) in [6.07, 6.45) is 0. The second kappa shape index (κ2) is 5.53. The van der Waals surface area contributed by atoms with E-state index in [4.69, 9.17) is 16.9 Å². The number of anilines is 1. The molecule has 0 saturated carbocycles. The van der Waals surface area contributed by atoms with Crippen LogP contribution in [0.5, 0.6) is 0 Å². The van der Waals surface area contributed by atoms with Crippen LogP contribution in [-0.2, 0) is 6.54 Å². The highest BCUT2D eigenvalue weighted by atomic mass is 35.5. The van der Waals surface area contributed by atoms with Crippen LogP contribution in [-0.4, -0.2) is 7.05 Å². The molecule has 2 rings (SSSR count). The van der Waals surface area contributed by atoms with Crippen LogP contribution in [0.3, 0.4) is 0 Å². The lowest BCUT2D eigenvalue weighted by Gasteiger charge is -2.17. The fourth-order valence-corrected chi connectivity index (χ4v) is 4.30. The Bertz CT molecular complexity index is 657. The van der Waals surface area contributed by atoms with E-state index < -0.39 is 0 Å². The van der Waals surface area contributed by atoms with E-state index in [1.807, 2.05) is 30.1 Å². The highest BCUT2D eigenvalue weighted by Gasteiger charge is 2.13. The zero-order chi connectivity index (χ0) is 13.1. The molecule has 6 heteroatoms. The maximum Gasteiger partial charge on any atom is 0.263 e. The van der Waals surface area contributed by atoms with Gasteiger partial charge in [-0.3, -0.25) is 4.79 Å². The molecular formula is C12H9ClN2OS2. The van der Waals surface area contributed by atoms with E-state index in [0.29, 0.717) is 12.1 Å². The Kier molecular flexibility index (Phi) is 4.02. The zero-order valence-electron chi connectivity index (χ0n) is 9.51. The molecule has 0 atom stereocenters. The smallest absolute Gasteiger partial charge is 0.263 e. The van der Waals surface area contributed by atoms with Gasteiger partial charge in [-0.1, -0.05) is 34.1 Å². The second-order valence-corrected chi connectivity index (χ2v) is 6.21. The van der Waals surface area contributed by atoms with Crippen molar-refractivity contribution < 1.29 is 0 Å². The van der Waals surface area contributed by atoms with Crippen molar-refractivity contribution in [3.05, 3.63) is 50.0 Å². The number of hydrogen-bond acceptors (Lipinski definition) is 5. The molecule has 3 nitrogen and oxygen atoms in total. The van der Waals surface area contributed by atoms with Crippen molar-refractivity contribution >= 4 is 37.3 Å². The van der Waals surface area contributed by atoms with Crippen LogP contribution in [0.15, 0.2) is 29.1 Å².